The molecule has 8 heteroatoms. The molecule has 1 saturated heterocycles. The van der Waals surface area contributed by atoms with Crippen molar-refractivity contribution in [2.24, 2.45) is 0 Å². The zero-order chi connectivity index (χ0) is 22.2. The first-order valence-corrected chi connectivity index (χ1v) is 10.5. The van der Waals surface area contributed by atoms with Crippen molar-refractivity contribution in [2.45, 2.75) is 39.7 Å². The molecule has 6 nitrogen and oxygen atoms in total. The average molecular weight is 427 g/mol. The van der Waals surface area contributed by atoms with Crippen molar-refractivity contribution in [2.75, 3.05) is 36.5 Å². The summed E-state index contributed by atoms with van der Waals surface area (Å²) in [5.41, 5.74) is 2.21. The Morgan fingerprint density at radius 2 is 1.87 bits per heavy atom. The molecule has 1 N–H and O–H groups in total. The van der Waals surface area contributed by atoms with Gasteiger partial charge in [-0.05, 0) is 38.0 Å². The molecule has 164 valence electrons. The fourth-order valence-electron chi connectivity index (χ4n) is 4.11. The first-order chi connectivity index (χ1) is 14.8. The third-order valence-corrected chi connectivity index (χ3v) is 5.84. The number of alkyl halides is 2. The first-order valence-electron chi connectivity index (χ1n) is 10.5. The van der Waals surface area contributed by atoms with Crippen LogP contribution in [0.1, 0.15) is 42.3 Å². The minimum absolute atomic E-state index is 0.0392. The van der Waals surface area contributed by atoms with Crippen LogP contribution >= 0.6 is 0 Å². The molecule has 31 heavy (non-hydrogen) atoms. The molecule has 0 radical (unpaired) electrons. The summed E-state index contributed by atoms with van der Waals surface area (Å²) in [6, 6.07) is 6.80. The molecular weight excluding hydrogens is 400 g/mol. The van der Waals surface area contributed by atoms with Gasteiger partial charge in [-0.1, -0.05) is 18.2 Å². The highest BCUT2D eigenvalue weighted by Crippen LogP contribution is 2.34. The Morgan fingerprint density at radius 1 is 1.13 bits per heavy atom. The lowest BCUT2D eigenvalue weighted by Crippen LogP contribution is -2.36. The molecule has 0 amide bonds. The number of aromatic nitrogens is 3. The van der Waals surface area contributed by atoms with Crippen LogP contribution in [-0.4, -0.2) is 41.5 Å². The predicted molar refractivity (Wildman–Crippen MR) is 118 cm³/mol. The number of nitrogens with one attached hydrogen (secondary N) is 1. The number of hydrogen-bond acceptors (Lipinski definition) is 6. The number of benzene rings is 1. The zero-order valence-electron chi connectivity index (χ0n) is 18.2. The largest absolute Gasteiger partial charge is 0.378 e. The van der Waals surface area contributed by atoms with Gasteiger partial charge in [0.2, 0.25) is 0 Å². The Morgan fingerprint density at radius 3 is 2.58 bits per heavy atom. The molecule has 1 aliphatic heterocycles. The third-order valence-electron chi connectivity index (χ3n) is 5.84. The number of nitrogens with zero attached hydrogens (tertiary/aromatic N) is 4. The zero-order valence-corrected chi connectivity index (χ0v) is 18.2. The van der Waals surface area contributed by atoms with Gasteiger partial charge in [0, 0.05) is 42.5 Å². The van der Waals surface area contributed by atoms with Gasteiger partial charge < -0.3 is 15.0 Å². The smallest absolute Gasteiger partial charge is 0.270 e. The number of fused-ring (bicyclic) bond motifs is 1. The lowest BCUT2D eigenvalue weighted by Gasteiger charge is -2.28. The highest BCUT2D eigenvalue weighted by molar-refractivity contribution is 5.94. The maximum Gasteiger partial charge on any atom is 0.270 e. The fourth-order valence-corrected chi connectivity index (χ4v) is 4.11. The molecule has 0 saturated carbocycles. The molecule has 1 atom stereocenters. The van der Waals surface area contributed by atoms with Crippen molar-refractivity contribution in [1.29, 1.82) is 0 Å². The number of anilines is 2. The predicted octanol–water partition coefficient (Wildman–Crippen LogP) is 4.76. The van der Waals surface area contributed by atoms with Gasteiger partial charge in [-0.3, -0.25) is 0 Å². The van der Waals surface area contributed by atoms with Crippen LogP contribution in [0.2, 0.25) is 0 Å². The second kappa shape index (κ2) is 8.34. The van der Waals surface area contributed by atoms with Gasteiger partial charge in [0.1, 0.15) is 5.82 Å². The van der Waals surface area contributed by atoms with Crippen molar-refractivity contribution < 1.29 is 13.5 Å². The standard InChI is InChI=1S/C23H27F2N5O/c1-14-17(6-5-7-20(14)23(4,24)25)15(2)27-22-18-12-21(30-8-10-31-11-9-30)26-13-19(18)16(3)28-29-22/h5-7,12-13,15H,8-11H2,1-4H3,(H,27,29)/t15-/m1/s1. The second-order valence-corrected chi connectivity index (χ2v) is 8.10. The van der Waals surface area contributed by atoms with E-state index in [-0.39, 0.29) is 11.6 Å². The summed E-state index contributed by atoms with van der Waals surface area (Å²) in [5, 5.41) is 13.9. The molecule has 3 heterocycles. The van der Waals surface area contributed by atoms with E-state index in [0.29, 0.717) is 24.6 Å². The van der Waals surface area contributed by atoms with Crippen LogP contribution in [0.4, 0.5) is 20.4 Å². The van der Waals surface area contributed by atoms with Crippen molar-refractivity contribution in [1.82, 2.24) is 15.2 Å². The minimum atomic E-state index is -2.89. The quantitative estimate of drug-likeness (QED) is 0.633. The van der Waals surface area contributed by atoms with Gasteiger partial charge in [-0.2, -0.15) is 5.10 Å². The van der Waals surface area contributed by atoms with Crippen LogP contribution in [0.25, 0.3) is 10.8 Å². The van der Waals surface area contributed by atoms with Crippen molar-refractivity contribution in [3.63, 3.8) is 0 Å². The molecule has 4 rings (SSSR count). The molecular formula is C23H27F2N5O. The summed E-state index contributed by atoms with van der Waals surface area (Å²) in [4.78, 5) is 6.80. The lowest BCUT2D eigenvalue weighted by molar-refractivity contribution is 0.0167. The Bertz CT molecular complexity index is 1090. The Hall–Kier alpha value is -2.87. The summed E-state index contributed by atoms with van der Waals surface area (Å²) in [6.45, 7) is 9.42. The molecule has 1 fully saturated rings. The van der Waals surface area contributed by atoms with Crippen LogP contribution in [-0.2, 0) is 10.7 Å². The summed E-state index contributed by atoms with van der Waals surface area (Å²) < 4.78 is 33.4. The van der Waals surface area contributed by atoms with Crippen molar-refractivity contribution >= 4 is 22.4 Å². The van der Waals surface area contributed by atoms with Gasteiger partial charge in [-0.25, -0.2) is 13.8 Å². The summed E-state index contributed by atoms with van der Waals surface area (Å²) in [5.74, 6) is -1.42. The van der Waals surface area contributed by atoms with Crippen LogP contribution in [0, 0.1) is 13.8 Å². The Kier molecular flexibility index (Phi) is 5.75. The molecule has 2 aromatic heterocycles. The molecule has 0 aliphatic carbocycles. The number of rotatable bonds is 5. The maximum atomic E-state index is 14.0. The van der Waals surface area contributed by atoms with Crippen molar-refractivity contribution in [3.8, 4) is 0 Å². The maximum absolute atomic E-state index is 14.0. The van der Waals surface area contributed by atoms with Crippen LogP contribution < -0.4 is 10.2 Å². The van der Waals surface area contributed by atoms with Crippen LogP contribution in [0.3, 0.4) is 0 Å². The number of halogens is 2. The molecule has 3 aromatic rings. The fraction of sp³-hybridized carbons (Fsp3) is 0.435. The van der Waals surface area contributed by atoms with E-state index in [4.69, 9.17) is 4.74 Å². The molecule has 0 spiro atoms. The van der Waals surface area contributed by atoms with E-state index in [0.717, 1.165) is 47.9 Å². The van der Waals surface area contributed by atoms with E-state index < -0.39 is 5.92 Å². The highest BCUT2D eigenvalue weighted by Gasteiger charge is 2.28. The van der Waals surface area contributed by atoms with Gasteiger partial charge in [0.25, 0.3) is 5.92 Å². The number of morpholine rings is 1. The van der Waals surface area contributed by atoms with E-state index in [9.17, 15) is 8.78 Å². The summed E-state index contributed by atoms with van der Waals surface area (Å²) >= 11 is 0. The van der Waals surface area contributed by atoms with Gasteiger partial charge in [0.05, 0.1) is 24.9 Å². The van der Waals surface area contributed by atoms with Gasteiger partial charge >= 0.3 is 0 Å². The Balaban J connectivity index is 1.70. The molecule has 0 bridgehead atoms. The topological polar surface area (TPSA) is 63.2 Å². The molecule has 0 unspecified atom stereocenters. The van der Waals surface area contributed by atoms with Crippen LogP contribution in [0.5, 0.6) is 0 Å². The highest BCUT2D eigenvalue weighted by atomic mass is 19.3. The van der Waals surface area contributed by atoms with E-state index >= 15 is 0 Å². The van der Waals surface area contributed by atoms with E-state index in [1.807, 2.05) is 32.2 Å². The third kappa shape index (κ3) is 4.30. The van der Waals surface area contributed by atoms with E-state index in [2.05, 4.69) is 25.4 Å². The average Bonchev–Trinajstić information content (AvgIpc) is 2.75. The Labute approximate surface area is 180 Å². The SMILES string of the molecule is Cc1c([C@@H](C)Nc2nnc(C)c3cnc(N4CCOCC4)cc23)cccc1C(C)(F)F. The summed E-state index contributed by atoms with van der Waals surface area (Å²) in [7, 11) is 0. The number of hydrogen-bond donors (Lipinski definition) is 1. The number of pyridine rings is 1. The number of ether oxygens (including phenoxy) is 1. The van der Waals surface area contributed by atoms with Crippen LogP contribution in [0.15, 0.2) is 30.5 Å². The molecule has 1 aromatic carbocycles. The monoisotopic (exact) mass is 427 g/mol. The van der Waals surface area contributed by atoms with E-state index in [1.165, 1.54) is 6.07 Å². The second-order valence-electron chi connectivity index (χ2n) is 8.10. The summed E-state index contributed by atoms with van der Waals surface area (Å²) in [6.07, 6.45) is 1.82. The van der Waals surface area contributed by atoms with Crippen molar-refractivity contribution in [3.05, 3.63) is 52.8 Å². The number of aryl methyl sites for hydroxylation is 1. The van der Waals surface area contributed by atoms with Gasteiger partial charge in [-0.15, -0.1) is 5.10 Å². The lowest BCUT2D eigenvalue weighted by atomic mass is 9.94. The van der Waals surface area contributed by atoms with Gasteiger partial charge in [0.15, 0.2) is 5.82 Å². The van der Waals surface area contributed by atoms with E-state index in [1.54, 1.807) is 13.0 Å². The normalized spacial score (nSPS) is 15.9. The molecule has 1 aliphatic rings. The first kappa shape index (κ1) is 21.4. The minimum Gasteiger partial charge on any atom is -0.378 e.